The van der Waals surface area contributed by atoms with E-state index < -0.39 is 0 Å². The van der Waals surface area contributed by atoms with Gasteiger partial charge in [0.15, 0.2) is 11.5 Å². The van der Waals surface area contributed by atoms with Crippen molar-refractivity contribution in [1.82, 2.24) is 19.8 Å². The Kier molecular flexibility index (Phi) is 4.24. The number of rotatable bonds is 4. The molecule has 4 rings (SSSR count). The minimum Gasteiger partial charge on any atom is -0.192 e. The summed E-state index contributed by atoms with van der Waals surface area (Å²) < 4.78 is 1.82. The average molecular weight is 346 g/mol. The molecule has 2 aromatic carbocycles. The minimum atomic E-state index is 0.760. The van der Waals surface area contributed by atoms with Crippen LogP contribution in [0.1, 0.15) is 16.7 Å². The van der Waals surface area contributed by atoms with Gasteiger partial charge in [-0.2, -0.15) is 9.61 Å². The first-order valence-electron chi connectivity index (χ1n) is 8.17. The van der Waals surface area contributed by atoms with Gasteiger partial charge in [0.05, 0.1) is 0 Å². The smallest absolute Gasteiger partial charge is 0.185 e. The van der Waals surface area contributed by atoms with Crippen molar-refractivity contribution in [2.24, 2.45) is 0 Å². The third kappa shape index (κ3) is 3.42. The summed E-state index contributed by atoms with van der Waals surface area (Å²) in [6.45, 7) is 4.18. The van der Waals surface area contributed by atoms with Crippen LogP contribution in [0.5, 0.6) is 0 Å². The van der Waals surface area contributed by atoms with Crippen LogP contribution in [0.3, 0.4) is 0 Å². The molecular weight excluding hydrogens is 328 g/mol. The van der Waals surface area contributed by atoms with Gasteiger partial charge in [0.2, 0.25) is 0 Å². The summed E-state index contributed by atoms with van der Waals surface area (Å²) in [5.41, 5.74) is 5.57. The van der Waals surface area contributed by atoms with Crippen LogP contribution in [0.4, 0.5) is 0 Å². The number of thioether (sulfide) groups is 1. The lowest BCUT2D eigenvalue weighted by Crippen LogP contribution is -1.96. The molecule has 0 atom stereocenters. The summed E-state index contributed by atoms with van der Waals surface area (Å²) in [6, 6.07) is 20.8. The van der Waals surface area contributed by atoms with Crippen molar-refractivity contribution in [1.29, 1.82) is 0 Å². The molecule has 25 heavy (non-hydrogen) atoms. The second kappa shape index (κ2) is 6.69. The van der Waals surface area contributed by atoms with E-state index in [1.165, 1.54) is 16.7 Å². The van der Waals surface area contributed by atoms with E-state index in [1.807, 2.05) is 16.6 Å². The Morgan fingerprint density at radius 1 is 0.800 bits per heavy atom. The van der Waals surface area contributed by atoms with Crippen LogP contribution in [-0.2, 0) is 5.75 Å². The van der Waals surface area contributed by atoms with Gasteiger partial charge in [-0.15, -0.1) is 10.2 Å². The maximum Gasteiger partial charge on any atom is 0.185 e. The molecule has 0 aliphatic carbocycles. The molecule has 0 aliphatic heterocycles. The SMILES string of the molecule is Cc1ccc(CSc2ccc3nnc(-c4ccc(C)cc4)n3n2)cc1. The fourth-order valence-corrected chi connectivity index (χ4v) is 3.38. The first-order chi connectivity index (χ1) is 12.2. The summed E-state index contributed by atoms with van der Waals surface area (Å²) >= 11 is 1.72. The molecular formula is C20H18N4S. The highest BCUT2D eigenvalue weighted by Crippen LogP contribution is 2.23. The van der Waals surface area contributed by atoms with Crippen molar-refractivity contribution in [2.75, 3.05) is 0 Å². The first-order valence-corrected chi connectivity index (χ1v) is 9.15. The summed E-state index contributed by atoms with van der Waals surface area (Å²) in [6.07, 6.45) is 0. The standard InChI is InChI=1S/C20H18N4S/c1-14-3-7-16(8-4-14)13-25-19-12-11-18-21-22-20(24(18)23-19)17-9-5-15(2)6-10-17/h3-12H,13H2,1-2H3. The van der Waals surface area contributed by atoms with Crippen LogP contribution in [0.25, 0.3) is 17.0 Å². The second-order valence-corrected chi connectivity index (χ2v) is 7.10. The molecule has 4 nitrogen and oxygen atoms in total. The molecule has 0 amide bonds. The van der Waals surface area contributed by atoms with Gasteiger partial charge < -0.3 is 0 Å². The van der Waals surface area contributed by atoms with E-state index in [1.54, 1.807) is 11.8 Å². The van der Waals surface area contributed by atoms with Crippen LogP contribution in [0, 0.1) is 13.8 Å². The van der Waals surface area contributed by atoms with Crippen LogP contribution < -0.4 is 0 Å². The van der Waals surface area contributed by atoms with E-state index in [9.17, 15) is 0 Å². The zero-order chi connectivity index (χ0) is 17.2. The molecule has 0 unspecified atom stereocenters. The maximum atomic E-state index is 4.72. The number of aryl methyl sites for hydroxylation is 2. The Morgan fingerprint density at radius 2 is 1.48 bits per heavy atom. The van der Waals surface area contributed by atoms with Gasteiger partial charge in [0.25, 0.3) is 0 Å². The molecule has 0 fully saturated rings. The highest BCUT2D eigenvalue weighted by Gasteiger charge is 2.10. The third-order valence-electron chi connectivity index (χ3n) is 4.06. The number of benzene rings is 2. The van der Waals surface area contributed by atoms with Gasteiger partial charge in [-0.25, -0.2) is 0 Å². The Hall–Kier alpha value is -2.66. The molecule has 0 radical (unpaired) electrons. The molecule has 124 valence electrons. The van der Waals surface area contributed by atoms with Crippen LogP contribution >= 0.6 is 11.8 Å². The maximum absolute atomic E-state index is 4.72. The lowest BCUT2D eigenvalue weighted by molar-refractivity contribution is 0.860. The Bertz CT molecular complexity index is 1000. The van der Waals surface area contributed by atoms with Crippen molar-refractivity contribution in [2.45, 2.75) is 24.6 Å². The lowest BCUT2D eigenvalue weighted by Gasteiger charge is -2.04. The molecule has 4 aromatic rings. The van der Waals surface area contributed by atoms with E-state index >= 15 is 0 Å². The van der Waals surface area contributed by atoms with E-state index in [4.69, 9.17) is 5.10 Å². The van der Waals surface area contributed by atoms with Gasteiger partial charge in [-0.1, -0.05) is 71.4 Å². The largest absolute Gasteiger partial charge is 0.192 e. The molecule has 2 heterocycles. The molecule has 0 bridgehead atoms. The molecule has 5 heteroatoms. The van der Waals surface area contributed by atoms with Crippen molar-refractivity contribution in [3.8, 4) is 11.4 Å². The van der Waals surface area contributed by atoms with Crippen molar-refractivity contribution >= 4 is 17.4 Å². The van der Waals surface area contributed by atoms with E-state index in [0.717, 1.165) is 27.8 Å². The normalized spacial score (nSPS) is 11.1. The topological polar surface area (TPSA) is 43.1 Å². The van der Waals surface area contributed by atoms with E-state index in [2.05, 4.69) is 72.6 Å². The second-order valence-electron chi connectivity index (χ2n) is 6.11. The summed E-state index contributed by atoms with van der Waals surface area (Å²) in [4.78, 5) is 0. The fourth-order valence-electron chi connectivity index (χ4n) is 2.57. The van der Waals surface area contributed by atoms with Crippen molar-refractivity contribution in [3.05, 3.63) is 77.4 Å². The van der Waals surface area contributed by atoms with Gasteiger partial charge >= 0.3 is 0 Å². The highest BCUT2D eigenvalue weighted by molar-refractivity contribution is 7.98. The van der Waals surface area contributed by atoms with E-state index in [0.29, 0.717) is 0 Å². The predicted octanol–water partition coefficient (Wildman–Crippen LogP) is 4.70. The van der Waals surface area contributed by atoms with Gasteiger partial charge in [-0.3, -0.25) is 0 Å². The van der Waals surface area contributed by atoms with Crippen LogP contribution in [-0.4, -0.2) is 19.8 Å². The molecule has 0 N–H and O–H groups in total. The van der Waals surface area contributed by atoms with Gasteiger partial charge in [0, 0.05) is 11.3 Å². The quantitative estimate of drug-likeness (QED) is 0.502. The molecule has 0 spiro atoms. The van der Waals surface area contributed by atoms with Gasteiger partial charge in [-0.05, 0) is 31.5 Å². The lowest BCUT2D eigenvalue weighted by atomic mass is 10.1. The van der Waals surface area contributed by atoms with E-state index in [-0.39, 0.29) is 0 Å². The Labute approximate surface area is 150 Å². The van der Waals surface area contributed by atoms with Crippen molar-refractivity contribution < 1.29 is 0 Å². The van der Waals surface area contributed by atoms with Gasteiger partial charge in [0.1, 0.15) is 5.03 Å². The first kappa shape index (κ1) is 15.8. The predicted molar refractivity (Wildman–Crippen MR) is 102 cm³/mol. The monoisotopic (exact) mass is 346 g/mol. The summed E-state index contributed by atoms with van der Waals surface area (Å²) in [5.74, 6) is 1.66. The number of aromatic nitrogens is 4. The van der Waals surface area contributed by atoms with Crippen LogP contribution in [0.2, 0.25) is 0 Å². The zero-order valence-corrected chi connectivity index (χ0v) is 15.0. The summed E-state index contributed by atoms with van der Waals surface area (Å²) in [5, 5.41) is 14.2. The van der Waals surface area contributed by atoms with Crippen LogP contribution in [0.15, 0.2) is 65.7 Å². The molecule has 2 aromatic heterocycles. The Morgan fingerprint density at radius 3 is 2.20 bits per heavy atom. The number of hydrogen-bond donors (Lipinski definition) is 0. The average Bonchev–Trinajstić information content (AvgIpc) is 3.05. The number of nitrogens with zero attached hydrogens (tertiary/aromatic N) is 4. The molecule has 0 aliphatic rings. The Balaban J connectivity index is 1.61. The molecule has 0 saturated carbocycles. The fraction of sp³-hybridized carbons (Fsp3) is 0.150. The third-order valence-corrected chi connectivity index (χ3v) is 5.05. The molecule has 0 saturated heterocycles. The number of fused-ring (bicyclic) bond motifs is 1. The zero-order valence-electron chi connectivity index (χ0n) is 14.2. The minimum absolute atomic E-state index is 0.760. The number of hydrogen-bond acceptors (Lipinski definition) is 4. The van der Waals surface area contributed by atoms with Crippen molar-refractivity contribution in [3.63, 3.8) is 0 Å². The summed E-state index contributed by atoms with van der Waals surface area (Å²) in [7, 11) is 0. The highest BCUT2D eigenvalue weighted by atomic mass is 32.2.